The van der Waals surface area contributed by atoms with Crippen LogP contribution in [0.25, 0.3) is 0 Å². The largest absolute Gasteiger partial charge is 0.459 e. The van der Waals surface area contributed by atoms with Crippen molar-refractivity contribution < 1.29 is 24.5 Å². The molecule has 1 aromatic rings. The Labute approximate surface area is 98.6 Å². The quantitative estimate of drug-likeness (QED) is 0.741. The predicted octanol–water partition coefficient (Wildman–Crippen LogP) is 0.312. The third-order valence-corrected chi connectivity index (χ3v) is 2.58. The van der Waals surface area contributed by atoms with E-state index in [-0.39, 0.29) is 13.0 Å². The molecule has 1 aliphatic heterocycles. The fourth-order valence-corrected chi connectivity index (χ4v) is 1.66. The van der Waals surface area contributed by atoms with E-state index in [1.807, 2.05) is 6.07 Å². The van der Waals surface area contributed by atoms with Crippen molar-refractivity contribution in [2.24, 2.45) is 0 Å². The van der Waals surface area contributed by atoms with Crippen LogP contribution in [0.3, 0.4) is 0 Å². The van der Waals surface area contributed by atoms with Gasteiger partial charge in [-0.15, -0.1) is 0 Å². The van der Waals surface area contributed by atoms with Gasteiger partial charge in [0.05, 0.1) is 11.7 Å². The summed E-state index contributed by atoms with van der Waals surface area (Å²) in [5, 5.41) is 18.4. The molecule has 5 heteroatoms. The number of esters is 1. The maximum Gasteiger partial charge on any atom is 0.338 e. The van der Waals surface area contributed by atoms with E-state index in [4.69, 9.17) is 14.6 Å². The molecule has 1 fully saturated rings. The number of hydrogen-bond donors (Lipinski definition) is 2. The zero-order valence-corrected chi connectivity index (χ0v) is 9.15. The van der Waals surface area contributed by atoms with Crippen LogP contribution >= 0.6 is 0 Å². The highest BCUT2D eigenvalue weighted by Crippen LogP contribution is 2.19. The molecule has 0 spiro atoms. The fourth-order valence-electron chi connectivity index (χ4n) is 1.66. The summed E-state index contributed by atoms with van der Waals surface area (Å²) in [7, 11) is 0. The molecule has 1 unspecified atom stereocenters. The lowest BCUT2D eigenvalue weighted by Gasteiger charge is -2.10. The molecule has 92 valence electrons. The van der Waals surface area contributed by atoms with Gasteiger partial charge in [-0.25, -0.2) is 4.79 Å². The Morgan fingerprint density at radius 2 is 2.06 bits per heavy atom. The smallest absolute Gasteiger partial charge is 0.338 e. The number of benzene rings is 1. The van der Waals surface area contributed by atoms with Gasteiger partial charge in [0.15, 0.2) is 6.29 Å². The van der Waals surface area contributed by atoms with Gasteiger partial charge in [-0.05, 0) is 12.1 Å². The Balaban J connectivity index is 1.81. The normalized spacial score (nSPS) is 28.0. The van der Waals surface area contributed by atoms with Gasteiger partial charge in [-0.1, -0.05) is 18.2 Å². The molecule has 0 radical (unpaired) electrons. The van der Waals surface area contributed by atoms with E-state index in [1.54, 1.807) is 24.3 Å². The van der Waals surface area contributed by atoms with Crippen LogP contribution in [0.4, 0.5) is 0 Å². The van der Waals surface area contributed by atoms with Crippen molar-refractivity contribution in [3.8, 4) is 0 Å². The topological polar surface area (TPSA) is 76.0 Å². The van der Waals surface area contributed by atoms with Gasteiger partial charge in [-0.3, -0.25) is 0 Å². The van der Waals surface area contributed by atoms with E-state index in [0.29, 0.717) is 5.56 Å². The van der Waals surface area contributed by atoms with E-state index in [2.05, 4.69) is 0 Å². The summed E-state index contributed by atoms with van der Waals surface area (Å²) in [6, 6.07) is 8.61. The zero-order chi connectivity index (χ0) is 12.3. The van der Waals surface area contributed by atoms with Crippen molar-refractivity contribution in [1.82, 2.24) is 0 Å². The summed E-state index contributed by atoms with van der Waals surface area (Å²) in [5.41, 5.74) is 0.464. The number of aliphatic hydroxyl groups is 2. The second-order valence-corrected chi connectivity index (χ2v) is 3.92. The second kappa shape index (κ2) is 5.27. The van der Waals surface area contributed by atoms with Crippen molar-refractivity contribution in [2.45, 2.75) is 24.9 Å². The van der Waals surface area contributed by atoms with Crippen LogP contribution < -0.4 is 0 Å². The third kappa shape index (κ3) is 3.03. The second-order valence-electron chi connectivity index (χ2n) is 3.92. The van der Waals surface area contributed by atoms with E-state index in [0.717, 1.165) is 0 Å². The molecule has 0 aromatic heterocycles. The highest BCUT2D eigenvalue weighted by Gasteiger charge is 2.33. The summed E-state index contributed by atoms with van der Waals surface area (Å²) in [5.74, 6) is -0.440. The van der Waals surface area contributed by atoms with Gasteiger partial charge in [0.2, 0.25) is 0 Å². The molecule has 3 atom stereocenters. The van der Waals surface area contributed by atoms with Crippen molar-refractivity contribution in [3.63, 3.8) is 0 Å². The molecule has 2 rings (SSSR count). The van der Waals surface area contributed by atoms with Crippen LogP contribution in [0.15, 0.2) is 30.3 Å². The maximum atomic E-state index is 11.6. The van der Waals surface area contributed by atoms with Crippen molar-refractivity contribution in [3.05, 3.63) is 35.9 Å². The third-order valence-electron chi connectivity index (χ3n) is 2.58. The van der Waals surface area contributed by atoms with Gasteiger partial charge >= 0.3 is 5.97 Å². The first kappa shape index (κ1) is 12.0. The summed E-state index contributed by atoms with van der Waals surface area (Å²) in [6.45, 7) is 0.0296. The van der Waals surface area contributed by atoms with E-state index < -0.39 is 24.5 Å². The summed E-state index contributed by atoms with van der Waals surface area (Å²) < 4.78 is 10.0. The molecule has 1 saturated heterocycles. The number of ether oxygens (including phenoxy) is 2. The Kier molecular flexibility index (Phi) is 3.73. The molecular weight excluding hydrogens is 224 g/mol. The number of rotatable bonds is 3. The fraction of sp³-hybridized carbons (Fsp3) is 0.417. The van der Waals surface area contributed by atoms with Crippen LogP contribution in [-0.2, 0) is 9.47 Å². The van der Waals surface area contributed by atoms with Crippen molar-refractivity contribution in [2.75, 3.05) is 6.61 Å². The van der Waals surface area contributed by atoms with E-state index in [9.17, 15) is 9.90 Å². The molecule has 2 N–H and O–H groups in total. The van der Waals surface area contributed by atoms with Crippen molar-refractivity contribution in [1.29, 1.82) is 0 Å². The van der Waals surface area contributed by atoms with Gasteiger partial charge in [0.1, 0.15) is 12.7 Å². The van der Waals surface area contributed by atoms with Gasteiger partial charge in [0, 0.05) is 6.42 Å². The van der Waals surface area contributed by atoms with Gasteiger partial charge in [0.25, 0.3) is 0 Å². The summed E-state index contributed by atoms with van der Waals surface area (Å²) in [6.07, 6.45) is -2.28. The maximum absolute atomic E-state index is 11.6. The number of carbonyl (C=O) groups is 1. The standard InChI is InChI=1S/C12H14O5/c13-10-6-9(17-12(10)15)7-16-11(14)8-4-2-1-3-5-8/h1-5,9-10,12-13,15H,6-7H2/t9?,10-,12+/m1/s1. The van der Waals surface area contributed by atoms with Crippen LogP contribution in [-0.4, -0.2) is 41.3 Å². The first-order chi connectivity index (χ1) is 8.16. The highest BCUT2D eigenvalue weighted by atomic mass is 16.6. The number of carbonyl (C=O) groups excluding carboxylic acids is 1. The minimum Gasteiger partial charge on any atom is -0.459 e. The monoisotopic (exact) mass is 238 g/mol. The average molecular weight is 238 g/mol. The SMILES string of the molecule is O=C(OCC1C[C@@H](O)[C@@H](O)O1)c1ccccc1. The number of aliphatic hydroxyl groups excluding tert-OH is 2. The highest BCUT2D eigenvalue weighted by molar-refractivity contribution is 5.89. The molecule has 17 heavy (non-hydrogen) atoms. The molecule has 1 aromatic carbocycles. The minimum atomic E-state index is -1.18. The van der Waals surface area contributed by atoms with E-state index in [1.165, 1.54) is 0 Å². The first-order valence-electron chi connectivity index (χ1n) is 5.40. The Hall–Kier alpha value is -1.43. The number of hydrogen-bond acceptors (Lipinski definition) is 5. The molecule has 0 saturated carbocycles. The molecule has 5 nitrogen and oxygen atoms in total. The van der Waals surface area contributed by atoms with Gasteiger partial charge < -0.3 is 19.7 Å². The van der Waals surface area contributed by atoms with Crippen LogP contribution in [0, 0.1) is 0 Å². The average Bonchev–Trinajstić information content (AvgIpc) is 2.67. The minimum absolute atomic E-state index is 0.0296. The Morgan fingerprint density at radius 3 is 2.65 bits per heavy atom. The van der Waals surface area contributed by atoms with Crippen LogP contribution in [0.2, 0.25) is 0 Å². The lowest BCUT2D eigenvalue weighted by molar-refractivity contribution is -0.133. The van der Waals surface area contributed by atoms with E-state index >= 15 is 0 Å². The first-order valence-corrected chi connectivity index (χ1v) is 5.40. The molecule has 0 bridgehead atoms. The summed E-state index contributed by atoms with van der Waals surface area (Å²) >= 11 is 0. The molecular formula is C12H14O5. The molecule has 1 aliphatic rings. The van der Waals surface area contributed by atoms with Crippen LogP contribution in [0.1, 0.15) is 16.8 Å². The predicted molar refractivity (Wildman–Crippen MR) is 58.2 cm³/mol. The lowest BCUT2D eigenvalue weighted by Crippen LogP contribution is -2.20. The lowest BCUT2D eigenvalue weighted by atomic mass is 10.2. The Bertz CT molecular complexity index is 368. The van der Waals surface area contributed by atoms with Crippen LogP contribution in [0.5, 0.6) is 0 Å². The molecule has 0 amide bonds. The summed E-state index contributed by atoms with van der Waals surface area (Å²) in [4.78, 5) is 11.6. The van der Waals surface area contributed by atoms with Crippen molar-refractivity contribution >= 4 is 5.97 Å². The van der Waals surface area contributed by atoms with Gasteiger partial charge in [-0.2, -0.15) is 0 Å². The Morgan fingerprint density at radius 1 is 1.35 bits per heavy atom. The zero-order valence-electron chi connectivity index (χ0n) is 9.15. The molecule has 1 heterocycles. The molecule has 0 aliphatic carbocycles.